The zero-order valence-electron chi connectivity index (χ0n) is 15.3. The molecule has 1 heterocycles. The molecule has 0 aliphatic heterocycles. The molecule has 0 saturated heterocycles. The van der Waals surface area contributed by atoms with E-state index in [4.69, 9.17) is 15.5 Å². The van der Waals surface area contributed by atoms with Gasteiger partial charge in [-0.05, 0) is 86.6 Å². The van der Waals surface area contributed by atoms with Gasteiger partial charge in [0.15, 0.2) is 0 Å². The van der Waals surface area contributed by atoms with Gasteiger partial charge in [-0.25, -0.2) is 0 Å². The van der Waals surface area contributed by atoms with E-state index in [1.165, 1.54) is 41.6 Å². The van der Waals surface area contributed by atoms with Crippen LogP contribution in [0.3, 0.4) is 0 Å². The summed E-state index contributed by atoms with van der Waals surface area (Å²) in [5, 5.41) is 1.00. The monoisotopic (exact) mass is 368 g/mol. The van der Waals surface area contributed by atoms with E-state index in [1.54, 1.807) is 0 Å². The molecule has 3 nitrogen and oxygen atoms in total. The molecule has 0 atom stereocenters. The molecule has 4 rings (SSSR count). The predicted molar refractivity (Wildman–Crippen MR) is 111 cm³/mol. The topological polar surface area (TPSA) is 48.1 Å². The van der Waals surface area contributed by atoms with Crippen molar-refractivity contribution in [2.75, 3.05) is 5.73 Å². The first-order chi connectivity index (χ1) is 12.1. The highest BCUT2D eigenvalue weighted by molar-refractivity contribution is 5.93. The fourth-order valence-electron chi connectivity index (χ4n) is 3.81. The second kappa shape index (κ2) is 7.55. The van der Waals surface area contributed by atoms with Crippen LogP contribution in [0.1, 0.15) is 41.6 Å². The molecule has 2 N–H and O–H groups in total. The number of anilines is 1. The van der Waals surface area contributed by atoms with Crippen molar-refractivity contribution in [3.05, 3.63) is 58.8 Å². The summed E-state index contributed by atoms with van der Waals surface area (Å²) in [7, 11) is 0. The summed E-state index contributed by atoms with van der Waals surface area (Å²) in [5.41, 5.74) is 13.2. The largest absolute Gasteiger partial charge is 0.457 e. The van der Waals surface area contributed by atoms with E-state index in [1.807, 2.05) is 18.2 Å². The van der Waals surface area contributed by atoms with E-state index in [0.717, 1.165) is 40.9 Å². The standard InChI is InChI=1S/C22H24N2O.ClH/c1-14-10-15(2)12-17(11-14)25-16-8-9-21-19(13-16)22(23)18-6-4-3-5-7-20(18)24-21;/h8-13H,3-7H2,1-2H3,(H2,23,24);1H. The fraction of sp³-hybridized carbons (Fsp3) is 0.318. The van der Waals surface area contributed by atoms with Crippen LogP contribution in [0.4, 0.5) is 5.69 Å². The van der Waals surface area contributed by atoms with Gasteiger partial charge in [0.25, 0.3) is 0 Å². The molecule has 4 heteroatoms. The van der Waals surface area contributed by atoms with Crippen molar-refractivity contribution in [1.29, 1.82) is 0 Å². The van der Waals surface area contributed by atoms with Crippen LogP contribution in [-0.2, 0) is 12.8 Å². The lowest BCUT2D eigenvalue weighted by molar-refractivity contribution is 0.482. The number of nitrogens with zero attached hydrogens (tertiary/aromatic N) is 1. The summed E-state index contributed by atoms with van der Waals surface area (Å²) in [6.07, 6.45) is 5.73. The number of nitrogen functional groups attached to an aromatic ring is 1. The van der Waals surface area contributed by atoms with Crippen LogP contribution in [0.15, 0.2) is 36.4 Å². The van der Waals surface area contributed by atoms with Gasteiger partial charge >= 0.3 is 0 Å². The molecular weight excluding hydrogens is 344 g/mol. The summed E-state index contributed by atoms with van der Waals surface area (Å²) in [5.74, 6) is 1.66. The zero-order valence-corrected chi connectivity index (χ0v) is 16.2. The Bertz CT molecular complexity index is 932. The van der Waals surface area contributed by atoms with E-state index >= 15 is 0 Å². The van der Waals surface area contributed by atoms with Crippen LogP contribution < -0.4 is 10.5 Å². The van der Waals surface area contributed by atoms with Gasteiger partial charge in [-0.15, -0.1) is 12.4 Å². The van der Waals surface area contributed by atoms with Gasteiger partial charge in [-0.3, -0.25) is 4.98 Å². The maximum Gasteiger partial charge on any atom is 0.128 e. The molecule has 136 valence electrons. The number of rotatable bonds is 2. The molecule has 0 amide bonds. The second-order valence-electron chi connectivity index (χ2n) is 7.12. The quantitative estimate of drug-likeness (QED) is 0.571. The fourth-order valence-corrected chi connectivity index (χ4v) is 3.81. The Balaban J connectivity index is 0.00000196. The third-order valence-electron chi connectivity index (χ3n) is 4.96. The van der Waals surface area contributed by atoms with E-state index < -0.39 is 0 Å². The molecule has 0 radical (unpaired) electrons. The van der Waals surface area contributed by atoms with Gasteiger partial charge < -0.3 is 10.5 Å². The number of ether oxygens (including phenoxy) is 1. The molecule has 0 saturated carbocycles. The molecule has 0 bridgehead atoms. The number of aryl methyl sites for hydroxylation is 3. The molecule has 1 aromatic heterocycles. The molecule has 0 unspecified atom stereocenters. The minimum absolute atomic E-state index is 0. The molecule has 26 heavy (non-hydrogen) atoms. The Morgan fingerprint density at radius 1 is 0.885 bits per heavy atom. The second-order valence-corrected chi connectivity index (χ2v) is 7.12. The number of fused-ring (bicyclic) bond motifs is 2. The van der Waals surface area contributed by atoms with Crippen molar-refractivity contribution in [2.24, 2.45) is 0 Å². The lowest BCUT2D eigenvalue weighted by Crippen LogP contribution is -2.03. The molecule has 1 aliphatic rings. The average Bonchev–Trinajstić information content (AvgIpc) is 2.80. The molecule has 0 spiro atoms. The molecule has 1 aliphatic carbocycles. The van der Waals surface area contributed by atoms with E-state index in [0.29, 0.717) is 0 Å². The highest BCUT2D eigenvalue weighted by atomic mass is 35.5. The van der Waals surface area contributed by atoms with Gasteiger partial charge in [-0.2, -0.15) is 0 Å². The van der Waals surface area contributed by atoms with Gasteiger partial charge in [0, 0.05) is 16.8 Å². The van der Waals surface area contributed by atoms with Crippen LogP contribution in [0.2, 0.25) is 0 Å². The van der Waals surface area contributed by atoms with E-state index in [-0.39, 0.29) is 12.4 Å². The van der Waals surface area contributed by atoms with E-state index in [2.05, 4.69) is 32.0 Å². The van der Waals surface area contributed by atoms with Gasteiger partial charge in [0.1, 0.15) is 11.5 Å². The molecule has 2 aromatic carbocycles. The summed E-state index contributed by atoms with van der Waals surface area (Å²) in [4.78, 5) is 4.88. The van der Waals surface area contributed by atoms with Crippen molar-refractivity contribution in [1.82, 2.24) is 4.98 Å². The van der Waals surface area contributed by atoms with E-state index in [9.17, 15) is 0 Å². The first-order valence-electron chi connectivity index (χ1n) is 9.07. The predicted octanol–water partition coefficient (Wildman–Crippen LogP) is 5.92. The Hall–Kier alpha value is -2.26. The number of pyridine rings is 1. The lowest BCUT2D eigenvalue weighted by Gasteiger charge is -2.14. The van der Waals surface area contributed by atoms with Crippen molar-refractivity contribution >= 4 is 29.0 Å². The normalized spacial score (nSPS) is 13.6. The minimum atomic E-state index is 0. The van der Waals surface area contributed by atoms with Crippen LogP contribution in [0.25, 0.3) is 10.9 Å². The van der Waals surface area contributed by atoms with Crippen LogP contribution in [0.5, 0.6) is 11.5 Å². The maximum absolute atomic E-state index is 6.52. The van der Waals surface area contributed by atoms with Crippen molar-refractivity contribution < 1.29 is 4.74 Å². The zero-order chi connectivity index (χ0) is 17.4. The number of nitrogens with two attached hydrogens (primary N) is 1. The van der Waals surface area contributed by atoms with Gasteiger partial charge in [0.05, 0.1) is 5.52 Å². The Morgan fingerprint density at radius 2 is 1.62 bits per heavy atom. The lowest BCUT2D eigenvalue weighted by atomic mass is 10.0. The smallest absolute Gasteiger partial charge is 0.128 e. The van der Waals surface area contributed by atoms with Crippen molar-refractivity contribution in [3.8, 4) is 11.5 Å². The first kappa shape index (κ1) is 18.5. The Kier molecular flexibility index (Phi) is 5.38. The number of aromatic nitrogens is 1. The summed E-state index contributed by atoms with van der Waals surface area (Å²) >= 11 is 0. The molecular formula is C22H25ClN2O. The minimum Gasteiger partial charge on any atom is -0.457 e. The van der Waals surface area contributed by atoms with Crippen LogP contribution in [0, 0.1) is 13.8 Å². The average molecular weight is 369 g/mol. The van der Waals surface area contributed by atoms with Gasteiger partial charge in [0.2, 0.25) is 0 Å². The third-order valence-corrected chi connectivity index (χ3v) is 4.96. The Morgan fingerprint density at radius 3 is 2.38 bits per heavy atom. The number of halogens is 1. The maximum atomic E-state index is 6.52. The number of benzene rings is 2. The van der Waals surface area contributed by atoms with Gasteiger partial charge in [-0.1, -0.05) is 12.5 Å². The number of hydrogen-bond donors (Lipinski definition) is 1. The summed E-state index contributed by atoms with van der Waals surface area (Å²) in [6, 6.07) is 12.3. The SMILES string of the molecule is Cc1cc(C)cc(Oc2ccc3nc4c(c(N)c3c2)CCCCC4)c1.Cl. The highest BCUT2D eigenvalue weighted by Gasteiger charge is 2.16. The van der Waals surface area contributed by atoms with Crippen molar-refractivity contribution in [3.63, 3.8) is 0 Å². The summed E-state index contributed by atoms with van der Waals surface area (Å²) in [6.45, 7) is 4.16. The van der Waals surface area contributed by atoms with Crippen LogP contribution >= 0.6 is 12.4 Å². The Labute approximate surface area is 161 Å². The van der Waals surface area contributed by atoms with Crippen LogP contribution in [-0.4, -0.2) is 4.98 Å². The van der Waals surface area contributed by atoms with Crippen molar-refractivity contribution in [2.45, 2.75) is 46.0 Å². The highest BCUT2D eigenvalue weighted by Crippen LogP contribution is 2.34. The first-order valence-corrected chi connectivity index (χ1v) is 9.07. The number of hydrogen-bond acceptors (Lipinski definition) is 3. The molecule has 3 aromatic rings. The molecule has 0 fully saturated rings. The third kappa shape index (κ3) is 3.63. The summed E-state index contributed by atoms with van der Waals surface area (Å²) < 4.78 is 6.09.